The van der Waals surface area contributed by atoms with E-state index in [1.165, 1.54) is 0 Å². The first-order valence-electron chi connectivity index (χ1n) is 15.0. The van der Waals surface area contributed by atoms with Crippen molar-refractivity contribution in [3.8, 4) is 0 Å². The molecule has 1 atom stereocenters. The van der Waals surface area contributed by atoms with E-state index in [2.05, 4.69) is 15.6 Å². The second kappa shape index (κ2) is 12.0. The number of hydrogen-bond donors (Lipinski definition) is 3. The van der Waals surface area contributed by atoms with E-state index < -0.39 is 29.7 Å². The molecule has 1 saturated heterocycles. The van der Waals surface area contributed by atoms with Crippen LogP contribution < -0.4 is 16.4 Å². The summed E-state index contributed by atoms with van der Waals surface area (Å²) < 4.78 is 0. The van der Waals surface area contributed by atoms with Gasteiger partial charge in [0.1, 0.15) is 6.04 Å². The van der Waals surface area contributed by atoms with Gasteiger partial charge in [-0.05, 0) is 82.2 Å². The Morgan fingerprint density at radius 2 is 1.80 bits per heavy atom. The molecule has 1 saturated carbocycles. The number of para-hydroxylation sites is 2. The minimum atomic E-state index is -0.967. The number of allylic oxidation sites excluding steroid dienone is 2. The number of hydrogen-bond acceptors (Lipinski definition) is 9. The molecule has 3 aliphatic rings. The molecule has 0 bridgehead atoms. The Bertz CT molecular complexity index is 1740. The number of nitrogens with one attached hydrogen (secondary N) is 2. The molecule has 226 valence electrons. The predicted octanol–water partition coefficient (Wildman–Crippen LogP) is 3.85. The van der Waals surface area contributed by atoms with Gasteiger partial charge in [0.15, 0.2) is 0 Å². The molecule has 44 heavy (non-hydrogen) atoms. The fourth-order valence-corrected chi connectivity index (χ4v) is 6.33. The molecule has 2 fully saturated rings. The van der Waals surface area contributed by atoms with Crippen LogP contribution in [0.2, 0.25) is 0 Å². The van der Waals surface area contributed by atoms with Gasteiger partial charge in [-0.2, -0.15) is 0 Å². The second-order valence-corrected chi connectivity index (χ2v) is 11.8. The van der Waals surface area contributed by atoms with E-state index >= 15 is 0 Å². The number of benzene rings is 2. The number of amides is 4. The van der Waals surface area contributed by atoms with Crippen LogP contribution in [0.15, 0.2) is 59.4 Å². The third-order valence-electron chi connectivity index (χ3n) is 8.61. The molecule has 1 unspecified atom stereocenters. The van der Waals surface area contributed by atoms with Crippen LogP contribution in [-0.2, 0) is 9.59 Å². The van der Waals surface area contributed by atoms with Crippen molar-refractivity contribution in [2.75, 3.05) is 11.9 Å². The highest BCUT2D eigenvalue weighted by atomic mass is 16.2. The summed E-state index contributed by atoms with van der Waals surface area (Å²) in [6.45, 7) is 4.57. The minimum Gasteiger partial charge on any atom is -0.402 e. The molecule has 4 amide bonds. The van der Waals surface area contributed by atoms with Crippen molar-refractivity contribution < 1.29 is 19.2 Å². The molecule has 3 heterocycles. The van der Waals surface area contributed by atoms with Crippen molar-refractivity contribution in [1.82, 2.24) is 20.2 Å². The summed E-state index contributed by atoms with van der Waals surface area (Å²) in [5.41, 5.74) is 12.3. The topological polar surface area (TPSA) is 160 Å². The monoisotopic (exact) mass is 593 g/mol. The highest BCUT2D eigenvalue weighted by Crippen LogP contribution is 2.35. The summed E-state index contributed by atoms with van der Waals surface area (Å²) in [7, 11) is 0. The molecule has 0 spiro atoms. The van der Waals surface area contributed by atoms with Gasteiger partial charge >= 0.3 is 0 Å². The third-order valence-corrected chi connectivity index (χ3v) is 8.61. The average molecular weight is 594 g/mol. The fourth-order valence-electron chi connectivity index (χ4n) is 6.33. The molecule has 11 nitrogen and oxygen atoms in total. The van der Waals surface area contributed by atoms with Gasteiger partial charge in [0.2, 0.25) is 11.8 Å². The molecule has 1 aromatic heterocycles. The fraction of sp³-hybridized carbons (Fsp3) is 0.364. The van der Waals surface area contributed by atoms with E-state index in [9.17, 15) is 19.2 Å². The van der Waals surface area contributed by atoms with Crippen molar-refractivity contribution in [2.45, 2.75) is 64.5 Å². The lowest BCUT2D eigenvalue weighted by Gasteiger charge is -2.33. The quantitative estimate of drug-likeness (QED) is 0.192. The molecule has 6 rings (SSSR count). The highest BCUT2D eigenvalue weighted by Gasteiger charge is 2.44. The van der Waals surface area contributed by atoms with E-state index in [0.717, 1.165) is 70.8 Å². The van der Waals surface area contributed by atoms with Gasteiger partial charge in [0.05, 0.1) is 40.1 Å². The molecule has 2 aromatic carbocycles. The van der Waals surface area contributed by atoms with Crippen LogP contribution in [0.3, 0.4) is 0 Å². The first-order valence-corrected chi connectivity index (χ1v) is 15.0. The SMILES string of the molecule is CC(=NC1CC(CCCNc2ccc3c(c2)C(=O)N(C2CCC(=O)NC2=O)C3=O)C1)C(=C(C)N)c1cnc2ccccc2n1. The standard InChI is InChI=1S/C33H35N7O4/c1-18(34)30(27-17-36-25-7-3-4-8-26(25)38-27)19(2)37-22-14-20(15-22)6-5-13-35-21-9-10-23-24(16-21)33(44)40(32(23)43)28-11-12-29(41)39-31(28)42/h3-4,7-10,16-17,20,22,28,35H,5-6,11-15,34H2,1-2H3,(H,39,41,42). The van der Waals surface area contributed by atoms with Crippen LogP contribution in [-0.4, -0.2) is 62.8 Å². The van der Waals surface area contributed by atoms with Gasteiger partial charge < -0.3 is 11.1 Å². The maximum Gasteiger partial charge on any atom is 0.262 e. The molecule has 1 aliphatic carbocycles. The Kier molecular flexibility index (Phi) is 7.94. The van der Waals surface area contributed by atoms with E-state index in [1.807, 2.05) is 38.1 Å². The van der Waals surface area contributed by atoms with Crippen LogP contribution in [0, 0.1) is 5.92 Å². The molecular weight excluding hydrogens is 558 g/mol. The molecule has 0 radical (unpaired) electrons. The van der Waals surface area contributed by atoms with Gasteiger partial charge in [-0.1, -0.05) is 12.1 Å². The molecular formula is C33H35N7O4. The average Bonchev–Trinajstić information content (AvgIpc) is 3.22. The number of carbonyl (C=O) groups excluding carboxylic acids is 4. The Morgan fingerprint density at radius 1 is 1.05 bits per heavy atom. The van der Waals surface area contributed by atoms with Crippen LogP contribution >= 0.6 is 0 Å². The lowest BCUT2D eigenvalue weighted by molar-refractivity contribution is -0.136. The number of carbonyl (C=O) groups is 4. The van der Waals surface area contributed by atoms with E-state index in [0.29, 0.717) is 11.6 Å². The Balaban J connectivity index is 0.988. The second-order valence-electron chi connectivity index (χ2n) is 11.8. The van der Waals surface area contributed by atoms with Gasteiger partial charge in [0, 0.05) is 35.6 Å². The van der Waals surface area contributed by atoms with E-state index in [4.69, 9.17) is 15.7 Å². The maximum absolute atomic E-state index is 13.1. The Labute approximate surface area is 255 Å². The van der Waals surface area contributed by atoms with E-state index in [-0.39, 0.29) is 30.0 Å². The number of piperidine rings is 1. The zero-order valence-corrected chi connectivity index (χ0v) is 24.8. The summed E-state index contributed by atoms with van der Waals surface area (Å²) in [5.74, 6) is -1.42. The van der Waals surface area contributed by atoms with Gasteiger partial charge in [0.25, 0.3) is 11.8 Å². The number of rotatable bonds is 9. The zero-order chi connectivity index (χ0) is 31.0. The first kappa shape index (κ1) is 29.2. The van der Waals surface area contributed by atoms with Crippen molar-refractivity contribution in [2.24, 2.45) is 16.6 Å². The van der Waals surface area contributed by atoms with Crippen molar-refractivity contribution in [3.63, 3.8) is 0 Å². The Morgan fingerprint density at radius 3 is 2.55 bits per heavy atom. The van der Waals surface area contributed by atoms with Crippen LogP contribution in [0.25, 0.3) is 16.6 Å². The third kappa shape index (κ3) is 5.69. The zero-order valence-electron chi connectivity index (χ0n) is 24.8. The van der Waals surface area contributed by atoms with Crippen LogP contribution in [0.5, 0.6) is 0 Å². The van der Waals surface area contributed by atoms with Gasteiger partial charge in [-0.25, -0.2) is 4.98 Å². The summed E-state index contributed by atoms with van der Waals surface area (Å²) >= 11 is 0. The number of nitrogens with two attached hydrogens (primary N) is 1. The van der Waals surface area contributed by atoms with Gasteiger partial charge in [-0.3, -0.25) is 39.4 Å². The summed E-state index contributed by atoms with van der Waals surface area (Å²) in [4.78, 5) is 65.0. The van der Waals surface area contributed by atoms with Gasteiger partial charge in [-0.15, -0.1) is 0 Å². The molecule has 2 aliphatic heterocycles. The minimum absolute atomic E-state index is 0.0935. The molecule has 3 aromatic rings. The van der Waals surface area contributed by atoms with Crippen molar-refractivity contribution >= 4 is 51.6 Å². The van der Waals surface area contributed by atoms with Crippen LogP contribution in [0.4, 0.5) is 5.69 Å². The first-order chi connectivity index (χ1) is 21.2. The van der Waals surface area contributed by atoms with Crippen molar-refractivity contribution in [3.05, 3.63) is 71.2 Å². The highest BCUT2D eigenvalue weighted by molar-refractivity contribution is 6.24. The molecule has 11 heteroatoms. The van der Waals surface area contributed by atoms with E-state index in [1.54, 1.807) is 24.4 Å². The maximum atomic E-state index is 13.1. The van der Waals surface area contributed by atoms with Crippen LogP contribution in [0.1, 0.15) is 78.8 Å². The summed E-state index contributed by atoms with van der Waals surface area (Å²) in [6, 6.07) is 12.1. The normalized spacial score (nSPS) is 22.5. The predicted molar refractivity (Wildman–Crippen MR) is 167 cm³/mol. The molecule has 4 N–H and O–H groups in total. The smallest absolute Gasteiger partial charge is 0.262 e. The van der Waals surface area contributed by atoms with Crippen molar-refractivity contribution in [1.29, 1.82) is 0 Å². The number of aromatic nitrogens is 2. The number of fused-ring (bicyclic) bond motifs is 2. The summed E-state index contributed by atoms with van der Waals surface area (Å²) in [5, 5.41) is 5.57. The lowest BCUT2D eigenvalue weighted by Crippen LogP contribution is -2.54. The number of imide groups is 2. The lowest BCUT2D eigenvalue weighted by atomic mass is 9.77. The largest absolute Gasteiger partial charge is 0.402 e. The number of nitrogens with zero attached hydrogens (tertiary/aromatic N) is 4. The number of aliphatic imine (C=N–C) groups is 1. The number of anilines is 1. The Hall–Kier alpha value is -4.93. The summed E-state index contributed by atoms with van der Waals surface area (Å²) in [6.07, 6.45) is 6.03.